The maximum atomic E-state index is 5.02. The molecule has 1 aromatic heterocycles. The number of hydrogen-bond acceptors (Lipinski definition) is 4. The van der Waals surface area contributed by atoms with Gasteiger partial charge in [0.2, 0.25) is 0 Å². The van der Waals surface area contributed by atoms with E-state index in [1.165, 1.54) is 0 Å². The van der Waals surface area contributed by atoms with Crippen LogP contribution in [0.15, 0.2) is 12.4 Å². The molecule has 0 bridgehead atoms. The number of likely N-dealkylation sites (N-methyl/N-ethyl adjacent to an activating group) is 1. The van der Waals surface area contributed by atoms with Gasteiger partial charge in [0.15, 0.2) is 0 Å². The van der Waals surface area contributed by atoms with Crippen molar-refractivity contribution >= 4 is 0 Å². The average Bonchev–Trinajstić information content (AvgIpc) is 2.74. The molecule has 104 valence electrons. The zero-order chi connectivity index (χ0) is 13.4. The SMILES string of the molecule is COCCCNCC(C)N(C)Cc1nccn1C. The van der Waals surface area contributed by atoms with Crippen LogP contribution in [0.5, 0.6) is 0 Å². The van der Waals surface area contributed by atoms with E-state index in [0.29, 0.717) is 6.04 Å². The lowest BCUT2D eigenvalue weighted by molar-refractivity contribution is 0.191. The Hall–Kier alpha value is -0.910. The van der Waals surface area contributed by atoms with Crippen LogP contribution in [0.25, 0.3) is 0 Å². The molecular weight excluding hydrogens is 228 g/mol. The van der Waals surface area contributed by atoms with Crippen LogP contribution in [0.4, 0.5) is 0 Å². The van der Waals surface area contributed by atoms with Gasteiger partial charge < -0.3 is 14.6 Å². The number of hydrogen-bond donors (Lipinski definition) is 1. The fourth-order valence-electron chi connectivity index (χ4n) is 1.74. The van der Waals surface area contributed by atoms with Gasteiger partial charge in [0, 0.05) is 45.7 Å². The number of ether oxygens (including phenoxy) is 1. The van der Waals surface area contributed by atoms with Crippen LogP contribution >= 0.6 is 0 Å². The summed E-state index contributed by atoms with van der Waals surface area (Å²) < 4.78 is 7.08. The topological polar surface area (TPSA) is 42.3 Å². The summed E-state index contributed by atoms with van der Waals surface area (Å²) in [5.41, 5.74) is 0. The minimum Gasteiger partial charge on any atom is -0.385 e. The molecule has 5 heteroatoms. The van der Waals surface area contributed by atoms with Crippen LogP contribution in [0.3, 0.4) is 0 Å². The first-order valence-corrected chi connectivity index (χ1v) is 6.51. The highest BCUT2D eigenvalue weighted by Crippen LogP contribution is 2.03. The number of aryl methyl sites for hydroxylation is 1. The van der Waals surface area contributed by atoms with Crippen LogP contribution in [-0.4, -0.2) is 54.3 Å². The molecule has 5 nitrogen and oxygen atoms in total. The lowest BCUT2D eigenvalue weighted by Crippen LogP contribution is -2.38. The van der Waals surface area contributed by atoms with Crippen molar-refractivity contribution in [2.24, 2.45) is 7.05 Å². The van der Waals surface area contributed by atoms with E-state index in [1.54, 1.807) is 7.11 Å². The Morgan fingerprint density at radius 1 is 1.56 bits per heavy atom. The summed E-state index contributed by atoms with van der Waals surface area (Å²) in [7, 11) is 5.91. The van der Waals surface area contributed by atoms with Crippen LogP contribution < -0.4 is 5.32 Å². The highest BCUT2D eigenvalue weighted by Gasteiger charge is 2.11. The van der Waals surface area contributed by atoms with Gasteiger partial charge in [-0.05, 0) is 26.9 Å². The third-order valence-corrected chi connectivity index (χ3v) is 3.21. The molecule has 0 amide bonds. The van der Waals surface area contributed by atoms with Gasteiger partial charge in [-0.15, -0.1) is 0 Å². The van der Waals surface area contributed by atoms with Crippen molar-refractivity contribution in [1.82, 2.24) is 19.8 Å². The number of imidazole rings is 1. The van der Waals surface area contributed by atoms with Crippen molar-refractivity contribution in [3.8, 4) is 0 Å². The summed E-state index contributed by atoms with van der Waals surface area (Å²) in [5, 5.41) is 3.45. The maximum Gasteiger partial charge on any atom is 0.122 e. The van der Waals surface area contributed by atoms with Gasteiger partial charge in [-0.1, -0.05) is 0 Å². The minimum absolute atomic E-state index is 0.490. The summed E-state index contributed by atoms with van der Waals surface area (Å²) in [6.07, 6.45) is 4.89. The number of nitrogens with one attached hydrogen (secondary N) is 1. The van der Waals surface area contributed by atoms with Crippen LogP contribution in [-0.2, 0) is 18.3 Å². The summed E-state index contributed by atoms with van der Waals surface area (Å²) in [5.74, 6) is 1.10. The van der Waals surface area contributed by atoms with Gasteiger partial charge in [-0.3, -0.25) is 4.90 Å². The number of rotatable bonds is 9. The molecule has 0 saturated heterocycles. The van der Waals surface area contributed by atoms with E-state index >= 15 is 0 Å². The van der Waals surface area contributed by atoms with E-state index in [4.69, 9.17) is 4.74 Å². The number of methoxy groups -OCH3 is 1. The normalized spacial score (nSPS) is 13.2. The molecule has 0 aliphatic carbocycles. The van der Waals surface area contributed by atoms with Crippen LogP contribution in [0.2, 0.25) is 0 Å². The standard InChI is InChI=1S/C13H26N4O/c1-12(10-14-6-5-9-18-4)17(3)11-13-15-7-8-16(13)2/h7-8,12,14H,5-6,9-11H2,1-4H3. The van der Waals surface area contributed by atoms with Crippen molar-refractivity contribution in [1.29, 1.82) is 0 Å². The first kappa shape index (κ1) is 15.1. The summed E-state index contributed by atoms with van der Waals surface area (Å²) in [6, 6.07) is 0.490. The molecule has 1 heterocycles. The molecule has 1 aromatic rings. The minimum atomic E-state index is 0.490. The zero-order valence-electron chi connectivity index (χ0n) is 12.0. The third kappa shape index (κ3) is 5.16. The lowest BCUT2D eigenvalue weighted by atomic mass is 10.3. The monoisotopic (exact) mass is 254 g/mol. The molecule has 1 rings (SSSR count). The molecule has 0 radical (unpaired) electrons. The van der Waals surface area contributed by atoms with E-state index in [-0.39, 0.29) is 0 Å². The zero-order valence-corrected chi connectivity index (χ0v) is 12.0. The highest BCUT2D eigenvalue weighted by molar-refractivity contribution is 4.91. The second kappa shape index (κ2) is 8.24. The largest absolute Gasteiger partial charge is 0.385 e. The molecule has 1 unspecified atom stereocenters. The molecular formula is C13H26N4O. The Labute approximate surface area is 110 Å². The molecule has 1 atom stereocenters. The first-order chi connectivity index (χ1) is 8.65. The van der Waals surface area contributed by atoms with Gasteiger partial charge in [-0.2, -0.15) is 0 Å². The molecule has 0 spiro atoms. The van der Waals surface area contributed by atoms with Crippen LogP contribution in [0, 0.1) is 0 Å². The first-order valence-electron chi connectivity index (χ1n) is 6.51. The Morgan fingerprint density at radius 2 is 2.33 bits per heavy atom. The van der Waals surface area contributed by atoms with Crippen molar-refractivity contribution in [3.05, 3.63) is 18.2 Å². The van der Waals surface area contributed by atoms with E-state index in [2.05, 4.69) is 33.7 Å². The van der Waals surface area contributed by atoms with E-state index in [1.807, 2.05) is 19.4 Å². The van der Waals surface area contributed by atoms with Crippen molar-refractivity contribution < 1.29 is 4.74 Å². The molecule has 0 aliphatic rings. The predicted octanol–water partition coefficient (Wildman–Crippen LogP) is 0.867. The Bertz CT molecular complexity index is 327. The van der Waals surface area contributed by atoms with Gasteiger partial charge in [0.1, 0.15) is 5.82 Å². The fourth-order valence-corrected chi connectivity index (χ4v) is 1.74. The van der Waals surface area contributed by atoms with Gasteiger partial charge in [0.25, 0.3) is 0 Å². The fraction of sp³-hybridized carbons (Fsp3) is 0.769. The summed E-state index contributed by atoms with van der Waals surface area (Å²) >= 11 is 0. The maximum absolute atomic E-state index is 5.02. The van der Waals surface area contributed by atoms with E-state index in [0.717, 1.165) is 38.5 Å². The molecule has 18 heavy (non-hydrogen) atoms. The van der Waals surface area contributed by atoms with Crippen molar-refractivity contribution in [2.45, 2.75) is 25.9 Å². The predicted molar refractivity (Wildman–Crippen MR) is 73.5 cm³/mol. The molecule has 0 fully saturated rings. The van der Waals surface area contributed by atoms with Crippen molar-refractivity contribution in [3.63, 3.8) is 0 Å². The van der Waals surface area contributed by atoms with Gasteiger partial charge >= 0.3 is 0 Å². The summed E-state index contributed by atoms with van der Waals surface area (Å²) in [4.78, 5) is 6.65. The molecule has 1 N–H and O–H groups in total. The summed E-state index contributed by atoms with van der Waals surface area (Å²) in [6.45, 7) is 5.93. The Morgan fingerprint density at radius 3 is 2.94 bits per heavy atom. The molecule has 0 aliphatic heterocycles. The molecule has 0 aromatic carbocycles. The van der Waals surface area contributed by atoms with Crippen molar-refractivity contribution in [2.75, 3.05) is 33.9 Å². The quantitative estimate of drug-likeness (QED) is 0.664. The average molecular weight is 254 g/mol. The van der Waals surface area contributed by atoms with Gasteiger partial charge in [0.05, 0.1) is 6.54 Å². The second-order valence-electron chi connectivity index (χ2n) is 4.77. The highest BCUT2D eigenvalue weighted by atomic mass is 16.5. The Balaban J connectivity index is 2.20. The number of aromatic nitrogens is 2. The lowest BCUT2D eigenvalue weighted by Gasteiger charge is -2.24. The van der Waals surface area contributed by atoms with Gasteiger partial charge in [-0.25, -0.2) is 4.98 Å². The van der Waals surface area contributed by atoms with Crippen LogP contribution in [0.1, 0.15) is 19.2 Å². The number of nitrogens with zero attached hydrogens (tertiary/aromatic N) is 3. The van der Waals surface area contributed by atoms with E-state index in [9.17, 15) is 0 Å². The second-order valence-corrected chi connectivity index (χ2v) is 4.77. The Kier molecular flexibility index (Phi) is 6.93. The smallest absolute Gasteiger partial charge is 0.122 e. The molecule has 0 saturated carbocycles. The third-order valence-electron chi connectivity index (χ3n) is 3.21. The van der Waals surface area contributed by atoms with E-state index < -0.39 is 0 Å².